The zero-order chi connectivity index (χ0) is 17.8. The van der Waals surface area contributed by atoms with Crippen molar-refractivity contribution < 1.29 is 9.32 Å². The van der Waals surface area contributed by atoms with Gasteiger partial charge < -0.3 is 9.84 Å². The second-order valence-corrected chi connectivity index (χ2v) is 5.87. The number of rotatable bonds is 6. The Hall–Kier alpha value is -3.48. The topological polar surface area (TPSA) is 96.7 Å². The summed E-state index contributed by atoms with van der Waals surface area (Å²) in [4.78, 5) is 16.6. The van der Waals surface area contributed by atoms with E-state index in [0.717, 1.165) is 16.8 Å². The van der Waals surface area contributed by atoms with Crippen LogP contribution in [0.4, 0.5) is 0 Å². The molecule has 0 saturated heterocycles. The standard InChI is InChI=1S/C19H17N5O2/c25-18(12-15-14-8-4-5-9-16(14)26-24-15)20-11-10-17-21-19(23-22-17)13-6-2-1-3-7-13/h1-9H,10-12H2,(H,20,25)(H,21,22,23). The van der Waals surface area contributed by atoms with Gasteiger partial charge in [-0.15, -0.1) is 0 Å². The van der Waals surface area contributed by atoms with Crippen molar-refractivity contribution in [3.63, 3.8) is 0 Å². The van der Waals surface area contributed by atoms with Crippen LogP contribution in [0.15, 0.2) is 59.1 Å². The number of amides is 1. The Balaban J connectivity index is 1.31. The fourth-order valence-electron chi connectivity index (χ4n) is 2.72. The van der Waals surface area contributed by atoms with Crippen molar-refractivity contribution >= 4 is 16.9 Å². The largest absolute Gasteiger partial charge is 0.356 e. The summed E-state index contributed by atoms with van der Waals surface area (Å²) in [7, 11) is 0. The molecule has 4 aromatic rings. The maximum absolute atomic E-state index is 12.1. The molecule has 0 spiro atoms. The SMILES string of the molecule is O=C(Cc1noc2ccccc12)NCCc1nc(-c2ccccc2)n[nH]1. The number of fused-ring (bicyclic) bond motifs is 1. The van der Waals surface area contributed by atoms with Gasteiger partial charge in [-0.2, -0.15) is 5.10 Å². The summed E-state index contributed by atoms with van der Waals surface area (Å²) >= 11 is 0. The van der Waals surface area contributed by atoms with Crippen LogP contribution in [-0.4, -0.2) is 32.8 Å². The number of H-pyrrole nitrogens is 1. The van der Waals surface area contributed by atoms with Crippen LogP contribution in [0.25, 0.3) is 22.4 Å². The molecule has 2 heterocycles. The number of hydrogen-bond acceptors (Lipinski definition) is 5. The summed E-state index contributed by atoms with van der Waals surface area (Å²) in [5, 5.41) is 14.8. The zero-order valence-electron chi connectivity index (χ0n) is 14.0. The second kappa shape index (κ2) is 7.18. The fourth-order valence-corrected chi connectivity index (χ4v) is 2.72. The van der Waals surface area contributed by atoms with E-state index in [0.29, 0.717) is 30.1 Å². The van der Waals surface area contributed by atoms with Crippen molar-refractivity contribution in [2.24, 2.45) is 0 Å². The minimum absolute atomic E-state index is 0.105. The molecule has 7 heteroatoms. The third kappa shape index (κ3) is 3.46. The van der Waals surface area contributed by atoms with E-state index in [4.69, 9.17) is 4.52 Å². The van der Waals surface area contributed by atoms with E-state index in [1.165, 1.54) is 0 Å². The molecular weight excluding hydrogens is 330 g/mol. The van der Waals surface area contributed by atoms with Gasteiger partial charge in [0.25, 0.3) is 0 Å². The molecule has 0 aliphatic heterocycles. The number of benzene rings is 2. The lowest BCUT2D eigenvalue weighted by Crippen LogP contribution is -2.27. The molecule has 130 valence electrons. The van der Waals surface area contributed by atoms with E-state index in [1.807, 2.05) is 54.6 Å². The number of carbonyl (C=O) groups is 1. The Labute approximate surface area is 149 Å². The molecule has 0 radical (unpaired) electrons. The molecule has 0 saturated carbocycles. The Morgan fingerprint density at radius 2 is 1.88 bits per heavy atom. The van der Waals surface area contributed by atoms with Crippen molar-refractivity contribution in [3.05, 3.63) is 66.1 Å². The summed E-state index contributed by atoms with van der Waals surface area (Å²) in [6.45, 7) is 0.470. The summed E-state index contributed by atoms with van der Waals surface area (Å²) in [5.74, 6) is 1.28. The monoisotopic (exact) mass is 347 g/mol. The van der Waals surface area contributed by atoms with Crippen molar-refractivity contribution in [2.75, 3.05) is 6.54 Å². The molecule has 7 nitrogen and oxygen atoms in total. The van der Waals surface area contributed by atoms with Crippen LogP contribution in [0.3, 0.4) is 0 Å². The predicted octanol–water partition coefficient (Wildman–Crippen LogP) is 2.51. The third-order valence-electron chi connectivity index (χ3n) is 4.03. The van der Waals surface area contributed by atoms with E-state index in [1.54, 1.807) is 0 Å². The first kappa shape index (κ1) is 16.0. The van der Waals surface area contributed by atoms with Crippen LogP contribution < -0.4 is 5.32 Å². The Morgan fingerprint density at radius 3 is 2.77 bits per heavy atom. The van der Waals surface area contributed by atoms with Gasteiger partial charge in [-0.3, -0.25) is 9.89 Å². The normalized spacial score (nSPS) is 10.9. The summed E-state index contributed by atoms with van der Waals surface area (Å²) in [6, 6.07) is 17.2. The number of nitrogens with zero attached hydrogens (tertiary/aromatic N) is 3. The molecular formula is C19H17N5O2. The molecule has 0 aliphatic carbocycles. The smallest absolute Gasteiger partial charge is 0.226 e. The lowest BCUT2D eigenvalue weighted by molar-refractivity contribution is -0.120. The maximum atomic E-state index is 12.1. The zero-order valence-corrected chi connectivity index (χ0v) is 14.0. The van der Waals surface area contributed by atoms with Crippen LogP contribution >= 0.6 is 0 Å². The number of para-hydroxylation sites is 1. The summed E-state index contributed by atoms with van der Waals surface area (Å²) in [6.07, 6.45) is 0.758. The average Bonchev–Trinajstić information content (AvgIpc) is 3.30. The van der Waals surface area contributed by atoms with Gasteiger partial charge in [-0.25, -0.2) is 4.98 Å². The first-order valence-electron chi connectivity index (χ1n) is 8.36. The highest BCUT2D eigenvalue weighted by Crippen LogP contribution is 2.18. The van der Waals surface area contributed by atoms with Gasteiger partial charge in [0.2, 0.25) is 5.91 Å². The van der Waals surface area contributed by atoms with Crippen LogP contribution in [0, 0.1) is 0 Å². The number of aromatic nitrogens is 4. The van der Waals surface area contributed by atoms with Crippen LogP contribution in [-0.2, 0) is 17.6 Å². The lowest BCUT2D eigenvalue weighted by Gasteiger charge is -2.02. The van der Waals surface area contributed by atoms with Gasteiger partial charge in [-0.05, 0) is 12.1 Å². The maximum Gasteiger partial charge on any atom is 0.226 e. The van der Waals surface area contributed by atoms with Gasteiger partial charge in [0, 0.05) is 23.9 Å². The number of carbonyl (C=O) groups excluding carboxylic acids is 1. The Kier molecular flexibility index (Phi) is 4.42. The quantitative estimate of drug-likeness (QED) is 0.559. The van der Waals surface area contributed by atoms with Gasteiger partial charge in [0.1, 0.15) is 11.5 Å². The number of aromatic amines is 1. The van der Waals surface area contributed by atoms with E-state index in [-0.39, 0.29) is 12.3 Å². The average molecular weight is 347 g/mol. The van der Waals surface area contributed by atoms with Gasteiger partial charge in [-0.1, -0.05) is 47.6 Å². The molecule has 0 aliphatic rings. The molecule has 4 rings (SSSR count). The third-order valence-corrected chi connectivity index (χ3v) is 4.03. The minimum atomic E-state index is -0.105. The molecule has 0 bridgehead atoms. The van der Waals surface area contributed by atoms with Crippen molar-refractivity contribution in [3.8, 4) is 11.4 Å². The highest BCUT2D eigenvalue weighted by atomic mass is 16.5. The lowest BCUT2D eigenvalue weighted by atomic mass is 10.1. The van der Waals surface area contributed by atoms with Crippen LogP contribution in [0.1, 0.15) is 11.5 Å². The molecule has 0 atom stereocenters. The first-order chi connectivity index (χ1) is 12.8. The molecule has 2 aromatic heterocycles. The summed E-state index contributed by atoms with van der Waals surface area (Å²) < 4.78 is 5.22. The molecule has 26 heavy (non-hydrogen) atoms. The molecule has 1 amide bonds. The van der Waals surface area contributed by atoms with E-state index < -0.39 is 0 Å². The highest BCUT2D eigenvalue weighted by Gasteiger charge is 2.12. The Bertz CT molecular complexity index is 1020. The van der Waals surface area contributed by atoms with Crippen LogP contribution in [0.5, 0.6) is 0 Å². The van der Waals surface area contributed by atoms with E-state index in [9.17, 15) is 4.79 Å². The highest BCUT2D eigenvalue weighted by molar-refractivity contribution is 5.86. The molecule has 0 unspecified atom stereocenters. The fraction of sp³-hybridized carbons (Fsp3) is 0.158. The number of nitrogens with one attached hydrogen (secondary N) is 2. The second-order valence-electron chi connectivity index (χ2n) is 5.87. The van der Waals surface area contributed by atoms with Gasteiger partial charge >= 0.3 is 0 Å². The first-order valence-corrected chi connectivity index (χ1v) is 8.36. The Morgan fingerprint density at radius 1 is 1.08 bits per heavy atom. The van der Waals surface area contributed by atoms with Crippen LogP contribution in [0.2, 0.25) is 0 Å². The van der Waals surface area contributed by atoms with Crippen molar-refractivity contribution in [2.45, 2.75) is 12.8 Å². The molecule has 0 fully saturated rings. The van der Waals surface area contributed by atoms with Gasteiger partial charge in [0.05, 0.1) is 6.42 Å². The van der Waals surface area contributed by atoms with E-state index >= 15 is 0 Å². The van der Waals surface area contributed by atoms with Crippen molar-refractivity contribution in [1.82, 2.24) is 25.7 Å². The van der Waals surface area contributed by atoms with E-state index in [2.05, 4.69) is 25.7 Å². The predicted molar refractivity (Wildman–Crippen MR) is 96.2 cm³/mol. The molecule has 2 N–H and O–H groups in total. The number of hydrogen-bond donors (Lipinski definition) is 2. The van der Waals surface area contributed by atoms with Crippen molar-refractivity contribution in [1.29, 1.82) is 0 Å². The van der Waals surface area contributed by atoms with Gasteiger partial charge in [0.15, 0.2) is 11.4 Å². The molecule has 2 aromatic carbocycles. The minimum Gasteiger partial charge on any atom is -0.356 e. The summed E-state index contributed by atoms with van der Waals surface area (Å²) in [5.41, 5.74) is 2.28.